The number of aromatic carboxylic acids is 1. The third-order valence-electron chi connectivity index (χ3n) is 2.61. The highest BCUT2D eigenvalue weighted by Crippen LogP contribution is 2.33. The van der Waals surface area contributed by atoms with Gasteiger partial charge in [0.15, 0.2) is 0 Å². The zero-order valence-electron chi connectivity index (χ0n) is 10.5. The second kappa shape index (κ2) is 6.36. The maximum absolute atomic E-state index is 12.1. The van der Waals surface area contributed by atoms with Crippen LogP contribution in [0.5, 0.6) is 0 Å². The fourth-order valence-corrected chi connectivity index (χ4v) is 3.57. The number of thiophene rings is 1. The van der Waals surface area contributed by atoms with Crippen molar-refractivity contribution in [3.63, 3.8) is 0 Å². The van der Waals surface area contributed by atoms with Crippen molar-refractivity contribution in [1.29, 1.82) is 0 Å². The highest BCUT2D eigenvalue weighted by atomic mass is 79.9. The lowest BCUT2D eigenvalue weighted by Crippen LogP contribution is -2.11. The maximum Gasteiger partial charge on any atom is 0.335 e. The van der Waals surface area contributed by atoms with Crippen LogP contribution in [0.3, 0.4) is 0 Å². The largest absolute Gasteiger partial charge is 0.478 e. The molecular weight excluding hydrogens is 401 g/mol. The molecule has 2 N–H and O–H groups in total. The smallest absolute Gasteiger partial charge is 0.335 e. The standard InChI is InChI=1S/C13H8BrCl2NO3S/c1-5-2-9(21-11(5)14)12(18)17-10-7(15)3-6(13(19)20)4-8(10)16/h2-4H,1H3,(H,17,18)(H,19,20). The number of nitrogens with one attached hydrogen (secondary N) is 1. The number of hydrogen-bond donors (Lipinski definition) is 2. The van der Waals surface area contributed by atoms with Crippen molar-refractivity contribution in [3.05, 3.63) is 48.0 Å². The van der Waals surface area contributed by atoms with Gasteiger partial charge in [0.1, 0.15) is 0 Å². The van der Waals surface area contributed by atoms with Gasteiger partial charge in [-0.3, -0.25) is 4.79 Å². The molecule has 0 spiro atoms. The molecule has 2 rings (SSSR count). The lowest BCUT2D eigenvalue weighted by atomic mass is 10.2. The molecule has 8 heteroatoms. The predicted octanol–water partition coefficient (Wildman–Crippen LogP) is 5.08. The van der Waals surface area contributed by atoms with Crippen LogP contribution >= 0.6 is 50.5 Å². The average Bonchev–Trinajstić information content (AvgIpc) is 2.73. The van der Waals surface area contributed by atoms with E-state index >= 15 is 0 Å². The zero-order chi connectivity index (χ0) is 15.7. The topological polar surface area (TPSA) is 66.4 Å². The third kappa shape index (κ3) is 3.58. The lowest BCUT2D eigenvalue weighted by molar-refractivity contribution is 0.0696. The second-order valence-corrected chi connectivity index (χ2v) is 7.33. The first kappa shape index (κ1) is 16.3. The van der Waals surface area contributed by atoms with Crippen LogP contribution in [0.15, 0.2) is 22.0 Å². The summed E-state index contributed by atoms with van der Waals surface area (Å²) in [6.07, 6.45) is 0. The summed E-state index contributed by atoms with van der Waals surface area (Å²) in [5.41, 5.74) is 1.09. The predicted molar refractivity (Wildman–Crippen MR) is 88.1 cm³/mol. The van der Waals surface area contributed by atoms with Crippen molar-refractivity contribution in [2.45, 2.75) is 6.92 Å². The van der Waals surface area contributed by atoms with E-state index in [0.717, 1.165) is 9.35 Å². The lowest BCUT2D eigenvalue weighted by Gasteiger charge is -2.09. The van der Waals surface area contributed by atoms with Crippen molar-refractivity contribution >= 4 is 68.0 Å². The van der Waals surface area contributed by atoms with Crippen LogP contribution in [-0.4, -0.2) is 17.0 Å². The molecule has 0 aliphatic rings. The molecule has 0 unspecified atom stereocenters. The van der Waals surface area contributed by atoms with Crippen LogP contribution < -0.4 is 5.32 Å². The summed E-state index contributed by atoms with van der Waals surface area (Å²) in [6.45, 7) is 1.87. The number of rotatable bonds is 3. The van der Waals surface area contributed by atoms with Gasteiger partial charge < -0.3 is 10.4 Å². The van der Waals surface area contributed by atoms with Crippen LogP contribution in [0.2, 0.25) is 10.0 Å². The zero-order valence-corrected chi connectivity index (χ0v) is 14.5. The molecule has 0 atom stereocenters. The molecule has 0 bridgehead atoms. The molecule has 4 nitrogen and oxygen atoms in total. The summed E-state index contributed by atoms with van der Waals surface area (Å²) in [4.78, 5) is 23.5. The Bertz CT molecular complexity index is 703. The van der Waals surface area contributed by atoms with Gasteiger partial charge in [-0.2, -0.15) is 0 Å². The molecule has 1 aromatic carbocycles. The molecule has 0 aliphatic heterocycles. The second-order valence-electron chi connectivity index (χ2n) is 4.14. The van der Waals surface area contributed by atoms with Gasteiger partial charge in [-0.05, 0) is 46.6 Å². The SMILES string of the molecule is Cc1cc(C(=O)Nc2c(Cl)cc(C(=O)O)cc2Cl)sc1Br. The first-order chi connectivity index (χ1) is 9.79. The molecule has 21 heavy (non-hydrogen) atoms. The molecular formula is C13H8BrCl2NO3S. The van der Waals surface area contributed by atoms with E-state index in [0.29, 0.717) is 4.88 Å². The van der Waals surface area contributed by atoms with Crippen molar-refractivity contribution < 1.29 is 14.7 Å². The Morgan fingerprint density at radius 3 is 2.24 bits per heavy atom. The maximum atomic E-state index is 12.1. The van der Waals surface area contributed by atoms with Crippen LogP contribution in [0.1, 0.15) is 25.6 Å². The minimum absolute atomic E-state index is 0.0438. The van der Waals surface area contributed by atoms with E-state index in [-0.39, 0.29) is 27.2 Å². The quantitative estimate of drug-likeness (QED) is 0.744. The molecule has 0 saturated heterocycles. The van der Waals surface area contributed by atoms with Gasteiger partial charge in [-0.1, -0.05) is 23.2 Å². The molecule has 1 amide bonds. The number of carboxylic acids is 1. The summed E-state index contributed by atoms with van der Waals surface area (Å²) in [6, 6.07) is 4.21. The summed E-state index contributed by atoms with van der Waals surface area (Å²) in [7, 11) is 0. The summed E-state index contributed by atoms with van der Waals surface area (Å²) in [5.74, 6) is -1.50. The van der Waals surface area contributed by atoms with Crippen molar-refractivity contribution in [1.82, 2.24) is 0 Å². The van der Waals surface area contributed by atoms with Crippen LogP contribution in [0, 0.1) is 6.92 Å². The normalized spacial score (nSPS) is 10.5. The van der Waals surface area contributed by atoms with E-state index in [1.54, 1.807) is 6.07 Å². The van der Waals surface area contributed by atoms with E-state index in [9.17, 15) is 9.59 Å². The monoisotopic (exact) mass is 407 g/mol. The van der Waals surface area contributed by atoms with Gasteiger partial charge in [0, 0.05) is 0 Å². The van der Waals surface area contributed by atoms with E-state index in [1.807, 2.05) is 6.92 Å². The molecule has 0 aliphatic carbocycles. The van der Waals surface area contributed by atoms with Gasteiger partial charge >= 0.3 is 5.97 Å². The van der Waals surface area contributed by atoms with Crippen molar-refractivity contribution in [2.75, 3.05) is 5.32 Å². The van der Waals surface area contributed by atoms with Crippen molar-refractivity contribution in [2.24, 2.45) is 0 Å². The van der Waals surface area contributed by atoms with E-state index < -0.39 is 5.97 Å². The number of aryl methyl sites for hydroxylation is 1. The van der Waals surface area contributed by atoms with Gasteiger partial charge in [-0.25, -0.2) is 4.79 Å². The number of carbonyl (C=O) groups is 2. The van der Waals surface area contributed by atoms with E-state index in [4.69, 9.17) is 28.3 Å². The first-order valence-electron chi connectivity index (χ1n) is 5.59. The Hall–Kier alpha value is -1.08. The Morgan fingerprint density at radius 1 is 1.24 bits per heavy atom. The minimum Gasteiger partial charge on any atom is -0.478 e. The Labute approximate surface area is 142 Å². The fraction of sp³-hybridized carbons (Fsp3) is 0.0769. The third-order valence-corrected chi connectivity index (χ3v) is 5.34. The number of halogens is 3. The molecule has 0 fully saturated rings. The van der Waals surface area contributed by atoms with Crippen LogP contribution in [0.4, 0.5) is 5.69 Å². The molecule has 2 aromatic rings. The Morgan fingerprint density at radius 2 is 1.81 bits per heavy atom. The van der Waals surface area contributed by atoms with Gasteiger partial charge in [0.25, 0.3) is 5.91 Å². The van der Waals surface area contributed by atoms with Gasteiger partial charge in [-0.15, -0.1) is 11.3 Å². The van der Waals surface area contributed by atoms with Gasteiger partial charge in [0.2, 0.25) is 0 Å². The first-order valence-corrected chi connectivity index (χ1v) is 7.95. The van der Waals surface area contributed by atoms with Crippen LogP contribution in [0.25, 0.3) is 0 Å². The fourth-order valence-electron chi connectivity index (χ4n) is 1.56. The average molecular weight is 409 g/mol. The number of hydrogen-bond acceptors (Lipinski definition) is 3. The number of benzene rings is 1. The number of carboxylic acid groups (broad SMARTS) is 1. The molecule has 110 valence electrons. The number of anilines is 1. The molecule has 0 saturated carbocycles. The highest BCUT2D eigenvalue weighted by molar-refractivity contribution is 9.11. The summed E-state index contributed by atoms with van der Waals surface area (Å²) < 4.78 is 0.867. The van der Waals surface area contributed by atoms with Crippen LogP contribution in [-0.2, 0) is 0 Å². The van der Waals surface area contributed by atoms with Gasteiger partial charge in [0.05, 0.1) is 30.0 Å². The van der Waals surface area contributed by atoms with E-state index in [1.165, 1.54) is 23.5 Å². The number of carbonyl (C=O) groups excluding carboxylic acids is 1. The number of amides is 1. The summed E-state index contributed by atoms with van der Waals surface area (Å²) in [5, 5.41) is 11.6. The van der Waals surface area contributed by atoms with E-state index in [2.05, 4.69) is 21.2 Å². The minimum atomic E-state index is -1.14. The Balaban J connectivity index is 2.31. The highest BCUT2D eigenvalue weighted by Gasteiger charge is 2.17. The molecule has 1 heterocycles. The molecule has 0 radical (unpaired) electrons. The Kier molecular flexibility index (Phi) is 4.93. The van der Waals surface area contributed by atoms with Crippen molar-refractivity contribution in [3.8, 4) is 0 Å². The molecule has 1 aromatic heterocycles. The summed E-state index contributed by atoms with van der Waals surface area (Å²) >= 11 is 16.6.